The van der Waals surface area contributed by atoms with Gasteiger partial charge in [-0.1, -0.05) is 66.7 Å². The maximum Gasteiger partial charge on any atom is 0.340 e. The Hall–Kier alpha value is -2.81. The van der Waals surface area contributed by atoms with Gasteiger partial charge in [0.1, 0.15) is 6.61 Å². The molecule has 0 N–H and O–H groups in total. The highest BCUT2D eigenvalue weighted by Crippen LogP contribution is 2.36. The number of hydrogen-bond acceptors (Lipinski definition) is 3. The molecule has 2 aromatic rings. The summed E-state index contributed by atoms with van der Waals surface area (Å²) in [5.74, 6) is -0.221. The van der Waals surface area contributed by atoms with E-state index in [0.717, 1.165) is 12.2 Å². The second-order valence-electron chi connectivity index (χ2n) is 5.76. The van der Waals surface area contributed by atoms with Gasteiger partial charge in [-0.15, -0.1) is 0 Å². The Kier molecular flexibility index (Phi) is 3.46. The molecule has 0 fully saturated rings. The maximum atomic E-state index is 11.9. The zero-order valence-electron chi connectivity index (χ0n) is 12.7. The standard InChI is InChI=1S/C20H17NO2/c22-20-17-11-12-18(16-9-5-2-6-10-16)21(19(17)14-23-20)13-15-7-3-1-4-8-15/h1-12,18H,13-14H2. The van der Waals surface area contributed by atoms with Crippen molar-refractivity contribution in [1.29, 1.82) is 0 Å². The summed E-state index contributed by atoms with van der Waals surface area (Å²) >= 11 is 0. The largest absolute Gasteiger partial charge is 0.456 e. The normalized spacial score (nSPS) is 19.7. The molecule has 4 rings (SSSR count). The Balaban J connectivity index is 1.73. The van der Waals surface area contributed by atoms with Crippen LogP contribution in [0.25, 0.3) is 0 Å². The van der Waals surface area contributed by atoms with E-state index in [1.54, 1.807) is 0 Å². The monoisotopic (exact) mass is 303 g/mol. The lowest BCUT2D eigenvalue weighted by molar-refractivity contribution is -0.135. The van der Waals surface area contributed by atoms with Crippen LogP contribution < -0.4 is 0 Å². The first-order valence-electron chi connectivity index (χ1n) is 7.77. The number of carbonyl (C=O) groups is 1. The quantitative estimate of drug-likeness (QED) is 0.811. The van der Waals surface area contributed by atoms with Gasteiger partial charge in [-0.05, 0) is 17.2 Å². The third-order valence-electron chi connectivity index (χ3n) is 4.34. The molecule has 3 nitrogen and oxygen atoms in total. The summed E-state index contributed by atoms with van der Waals surface area (Å²) < 4.78 is 5.25. The van der Waals surface area contributed by atoms with E-state index < -0.39 is 0 Å². The zero-order valence-corrected chi connectivity index (χ0v) is 12.7. The predicted molar refractivity (Wildman–Crippen MR) is 88.3 cm³/mol. The molecule has 2 aliphatic heterocycles. The SMILES string of the molecule is O=C1OCC2=C1C=CC(c1ccccc1)N2Cc1ccccc1. The number of benzene rings is 2. The van der Waals surface area contributed by atoms with Crippen LogP contribution in [0.2, 0.25) is 0 Å². The van der Waals surface area contributed by atoms with E-state index in [2.05, 4.69) is 35.2 Å². The topological polar surface area (TPSA) is 29.5 Å². The van der Waals surface area contributed by atoms with Crippen molar-refractivity contribution in [2.24, 2.45) is 0 Å². The molecule has 0 bridgehead atoms. The number of esters is 1. The van der Waals surface area contributed by atoms with Gasteiger partial charge in [-0.25, -0.2) is 4.79 Å². The van der Waals surface area contributed by atoms with E-state index in [4.69, 9.17) is 4.74 Å². The summed E-state index contributed by atoms with van der Waals surface area (Å²) in [5, 5.41) is 0. The van der Waals surface area contributed by atoms with Crippen molar-refractivity contribution < 1.29 is 9.53 Å². The van der Waals surface area contributed by atoms with Crippen molar-refractivity contribution in [2.75, 3.05) is 6.61 Å². The first kappa shape index (κ1) is 13.8. The van der Waals surface area contributed by atoms with Gasteiger partial charge in [0.2, 0.25) is 0 Å². The molecule has 0 amide bonds. The van der Waals surface area contributed by atoms with Crippen LogP contribution >= 0.6 is 0 Å². The number of hydrogen-bond donors (Lipinski definition) is 0. The average Bonchev–Trinajstić information content (AvgIpc) is 2.99. The highest BCUT2D eigenvalue weighted by Gasteiger charge is 2.33. The lowest BCUT2D eigenvalue weighted by Crippen LogP contribution is -2.30. The fraction of sp³-hybridized carbons (Fsp3) is 0.150. The molecule has 1 unspecified atom stereocenters. The summed E-state index contributed by atoms with van der Waals surface area (Å²) in [6.45, 7) is 1.11. The van der Waals surface area contributed by atoms with Gasteiger partial charge in [0, 0.05) is 6.54 Å². The molecule has 0 spiro atoms. The van der Waals surface area contributed by atoms with Crippen LogP contribution in [0.4, 0.5) is 0 Å². The van der Waals surface area contributed by atoms with Gasteiger partial charge in [-0.3, -0.25) is 0 Å². The maximum absolute atomic E-state index is 11.9. The molecule has 2 aromatic carbocycles. The van der Waals surface area contributed by atoms with Crippen molar-refractivity contribution in [3.05, 3.63) is 95.2 Å². The molecular formula is C20H17NO2. The molecular weight excluding hydrogens is 286 g/mol. The van der Waals surface area contributed by atoms with Gasteiger partial charge < -0.3 is 9.64 Å². The van der Waals surface area contributed by atoms with E-state index in [9.17, 15) is 4.79 Å². The van der Waals surface area contributed by atoms with Gasteiger partial charge in [0.15, 0.2) is 0 Å². The Labute approximate surface area is 135 Å². The van der Waals surface area contributed by atoms with Gasteiger partial charge in [-0.2, -0.15) is 0 Å². The third kappa shape index (κ3) is 2.55. The number of nitrogens with zero attached hydrogens (tertiary/aromatic N) is 1. The Morgan fingerprint density at radius 3 is 2.43 bits per heavy atom. The van der Waals surface area contributed by atoms with E-state index in [0.29, 0.717) is 12.2 Å². The number of carbonyl (C=O) groups excluding carboxylic acids is 1. The van der Waals surface area contributed by atoms with Gasteiger partial charge >= 0.3 is 5.97 Å². The summed E-state index contributed by atoms with van der Waals surface area (Å²) in [4.78, 5) is 14.2. The molecule has 0 radical (unpaired) electrons. The number of ether oxygens (including phenoxy) is 1. The number of rotatable bonds is 3. The second kappa shape index (κ2) is 5.76. The van der Waals surface area contributed by atoms with Crippen LogP contribution in [-0.2, 0) is 16.1 Å². The molecule has 0 aromatic heterocycles. The van der Waals surface area contributed by atoms with E-state index in [1.165, 1.54) is 11.1 Å². The van der Waals surface area contributed by atoms with Gasteiger partial charge in [0.25, 0.3) is 0 Å². The van der Waals surface area contributed by atoms with Crippen LogP contribution in [0.1, 0.15) is 17.2 Å². The smallest absolute Gasteiger partial charge is 0.340 e. The minimum absolute atomic E-state index is 0.115. The van der Waals surface area contributed by atoms with Crippen LogP contribution in [0, 0.1) is 0 Å². The molecule has 23 heavy (non-hydrogen) atoms. The summed E-state index contributed by atoms with van der Waals surface area (Å²) in [6, 6.07) is 20.8. The Bertz CT molecular complexity index is 778. The summed E-state index contributed by atoms with van der Waals surface area (Å²) in [6.07, 6.45) is 3.99. The fourth-order valence-electron chi connectivity index (χ4n) is 3.18. The molecule has 0 saturated heterocycles. The molecule has 1 atom stereocenters. The lowest BCUT2D eigenvalue weighted by atomic mass is 9.97. The van der Waals surface area contributed by atoms with Crippen molar-refractivity contribution >= 4 is 5.97 Å². The van der Waals surface area contributed by atoms with Crippen molar-refractivity contribution in [2.45, 2.75) is 12.6 Å². The Morgan fingerprint density at radius 1 is 1.00 bits per heavy atom. The fourth-order valence-corrected chi connectivity index (χ4v) is 3.18. The average molecular weight is 303 g/mol. The molecule has 3 heteroatoms. The molecule has 2 aliphatic rings. The second-order valence-corrected chi connectivity index (χ2v) is 5.76. The lowest BCUT2D eigenvalue weighted by Gasteiger charge is -2.35. The summed E-state index contributed by atoms with van der Waals surface area (Å²) in [5.41, 5.74) is 4.10. The Morgan fingerprint density at radius 2 is 1.70 bits per heavy atom. The third-order valence-corrected chi connectivity index (χ3v) is 4.34. The van der Waals surface area contributed by atoms with Crippen molar-refractivity contribution in [1.82, 2.24) is 4.90 Å². The number of cyclic esters (lactones) is 1. The van der Waals surface area contributed by atoms with E-state index in [-0.39, 0.29) is 12.0 Å². The van der Waals surface area contributed by atoms with Crippen LogP contribution in [0.5, 0.6) is 0 Å². The zero-order chi connectivity index (χ0) is 15.6. The molecule has 114 valence electrons. The minimum Gasteiger partial charge on any atom is -0.456 e. The molecule has 0 saturated carbocycles. The van der Waals surface area contributed by atoms with Gasteiger partial charge in [0.05, 0.1) is 17.3 Å². The highest BCUT2D eigenvalue weighted by molar-refractivity contribution is 5.95. The first-order valence-corrected chi connectivity index (χ1v) is 7.77. The predicted octanol–water partition coefficient (Wildman–Crippen LogP) is 3.61. The molecule has 2 heterocycles. The van der Waals surface area contributed by atoms with Crippen LogP contribution in [-0.4, -0.2) is 17.5 Å². The van der Waals surface area contributed by atoms with E-state index >= 15 is 0 Å². The highest BCUT2D eigenvalue weighted by atomic mass is 16.5. The van der Waals surface area contributed by atoms with Crippen molar-refractivity contribution in [3.8, 4) is 0 Å². The minimum atomic E-state index is -0.221. The van der Waals surface area contributed by atoms with Crippen LogP contribution in [0.15, 0.2) is 84.1 Å². The van der Waals surface area contributed by atoms with E-state index in [1.807, 2.05) is 42.5 Å². The summed E-state index contributed by atoms with van der Waals surface area (Å²) in [7, 11) is 0. The van der Waals surface area contributed by atoms with Crippen LogP contribution in [0.3, 0.4) is 0 Å². The first-order chi connectivity index (χ1) is 11.3. The van der Waals surface area contributed by atoms with Crippen molar-refractivity contribution in [3.63, 3.8) is 0 Å². The molecule has 0 aliphatic carbocycles.